The highest BCUT2D eigenvalue weighted by molar-refractivity contribution is 7.10. The summed E-state index contributed by atoms with van der Waals surface area (Å²) in [6.07, 6.45) is 0.931. The Morgan fingerprint density at radius 2 is 2.27 bits per heavy atom. The van der Waals surface area contributed by atoms with Gasteiger partial charge in [0.15, 0.2) is 0 Å². The van der Waals surface area contributed by atoms with Crippen LogP contribution in [0.15, 0.2) is 11.4 Å². The third kappa shape index (κ3) is 4.79. The number of ether oxygens (including phenoxy) is 1. The van der Waals surface area contributed by atoms with Crippen LogP contribution in [0.3, 0.4) is 0 Å². The molecule has 1 aromatic rings. The van der Waals surface area contributed by atoms with Gasteiger partial charge in [0, 0.05) is 31.6 Å². The zero-order valence-electron chi connectivity index (χ0n) is 13.1. The molecule has 0 spiro atoms. The molecule has 0 aromatic carbocycles. The first-order valence-corrected chi connectivity index (χ1v) is 8.25. The van der Waals surface area contributed by atoms with Crippen LogP contribution < -0.4 is 5.32 Å². The molecule has 0 bridgehead atoms. The fraction of sp³-hybridized carbons (Fsp3) is 0.600. The molecule has 1 aliphatic heterocycles. The fourth-order valence-electron chi connectivity index (χ4n) is 2.44. The summed E-state index contributed by atoms with van der Waals surface area (Å²) in [6, 6.07) is 2.09. The lowest BCUT2D eigenvalue weighted by atomic mass is 10.1. The van der Waals surface area contributed by atoms with Gasteiger partial charge in [-0.3, -0.25) is 14.5 Å². The average molecular weight is 325 g/mol. The molecule has 0 aliphatic carbocycles. The zero-order chi connectivity index (χ0) is 15.9. The monoisotopic (exact) mass is 325 g/mol. The second kappa shape index (κ2) is 8.26. The summed E-state index contributed by atoms with van der Waals surface area (Å²) < 4.78 is 4.87. The van der Waals surface area contributed by atoms with Gasteiger partial charge in [0.25, 0.3) is 0 Å². The standard InChI is InChI=1S/C15H23N3O3S/c1-17(10-14(19)16-5-7-21-2)11-15(20)18-6-3-13-12(9-18)4-8-22-13/h4,8H,3,5-7,9-11H2,1-2H3,(H,16,19). The van der Waals surface area contributed by atoms with Crippen molar-refractivity contribution in [1.82, 2.24) is 15.1 Å². The van der Waals surface area contributed by atoms with Gasteiger partial charge in [-0.25, -0.2) is 0 Å². The number of fused-ring (bicyclic) bond motifs is 1. The van der Waals surface area contributed by atoms with Crippen LogP contribution in [0.4, 0.5) is 0 Å². The van der Waals surface area contributed by atoms with E-state index in [1.165, 1.54) is 10.4 Å². The van der Waals surface area contributed by atoms with Gasteiger partial charge < -0.3 is 15.0 Å². The lowest BCUT2D eigenvalue weighted by Crippen LogP contribution is -2.44. The Kier molecular flexibility index (Phi) is 6.35. The smallest absolute Gasteiger partial charge is 0.237 e. The number of nitrogens with one attached hydrogen (secondary N) is 1. The fourth-order valence-corrected chi connectivity index (χ4v) is 3.33. The number of rotatable bonds is 7. The quantitative estimate of drug-likeness (QED) is 0.734. The largest absolute Gasteiger partial charge is 0.383 e. The van der Waals surface area contributed by atoms with Gasteiger partial charge in [-0.15, -0.1) is 11.3 Å². The van der Waals surface area contributed by atoms with E-state index in [1.54, 1.807) is 30.4 Å². The van der Waals surface area contributed by atoms with E-state index >= 15 is 0 Å². The molecular formula is C15H23N3O3S. The molecule has 2 amide bonds. The predicted octanol–water partition coefficient (Wildman–Crippen LogP) is 0.327. The molecular weight excluding hydrogens is 302 g/mol. The minimum Gasteiger partial charge on any atom is -0.383 e. The highest BCUT2D eigenvalue weighted by atomic mass is 32.1. The van der Waals surface area contributed by atoms with Crippen molar-refractivity contribution in [2.45, 2.75) is 13.0 Å². The van der Waals surface area contributed by atoms with Crippen molar-refractivity contribution >= 4 is 23.2 Å². The maximum Gasteiger partial charge on any atom is 0.237 e. The summed E-state index contributed by atoms with van der Waals surface area (Å²) in [7, 11) is 3.38. The van der Waals surface area contributed by atoms with Gasteiger partial charge in [0.1, 0.15) is 0 Å². The highest BCUT2D eigenvalue weighted by Gasteiger charge is 2.22. The molecule has 122 valence electrons. The first kappa shape index (κ1) is 16.9. The van der Waals surface area contributed by atoms with Crippen molar-refractivity contribution in [3.63, 3.8) is 0 Å². The van der Waals surface area contributed by atoms with Crippen LogP contribution in [0.25, 0.3) is 0 Å². The molecule has 22 heavy (non-hydrogen) atoms. The minimum atomic E-state index is -0.0916. The second-order valence-electron chi connectivity index (χ2n) is 5.45. The van der Waals surface area contributed by atoms with Crippen molar-refractivity contribution in [1.29, 1.82) is 0 Å². The third-order valence-electron chi connectivity index (χ3n) is 3.61. The Labute approximate surface area is 135 Å². The maximum absolute atomic E-state index is 12.3. The molecule has 1 aromatic heterocycles. The van der Waals surface area contributed by atoms with Crippen LogP contribution in [0.5, 0.6) is 0 Å². The van der Waals surface area contributed by atoms with E-state index in [2.05, 4.69) is 16.8 Å². The highest BCUT2D eigenvalue weighted by Crippen LogP contribution is 2.23. The second-order valence-corrected chi connectivity index (χ2v) is 6.45. The van der Waals surface area contributed by atoms with Gasteiger partial charge in [-0.1, -0.05) is 0 Å². The number of carbonyl (C=O) groups is 2. The number of thiophene rings is 1. The van der Waals surface area contributed by atoms with Crippen molar-refractivity contribution < 1.29 is 14.3 Å². The van der Waals surface area contributed by atoms with Crippen LogP contribution in [-0.2, 0) is 27.3 Å². The van der Waals surface area contributed by atoms with Crippen LogP contribution in [0.2, 0.25) is 0 Å². The number of nitrogens with zero attached hydrogens (tertiary/aromatic N) is 2. The summed E-state index contributed by atoms with van der Waals surface area (Å²) in [6.45, 7) is 2.91. The molecule has 0 unspecified atom stereocenters. The molecule has 0 saturated heterocycles. The number of carbonyl (C=O) groups excluding carboxylic acids is 2. The third-order valence-corrected chi connectivity index (χ3v) is 4.63. The Hall–Kier alpha value is -1.44. The normalized spacial score (nSPS) is 14.0. The molecule has 2 heterocycles. The number of methoxy groups -OCH3 is 1. The van der Waals surface area contributed by atoms with E-state index in [-0.39, 0.29) is 24.9 Å². The van der Waals surface area contributed by atoms with Gasteiger partial charge in [-0.05, 0) is 30.5 Å². The summed E-state index contributed by atoms with van der Waals surface area (Å²) in [5, 5.41) is 4.83. The molecule has 0 saturated carbocycles. The van der Waals surface area contributed by atoms with Crippen molar-refractivity contribution in [2.75, 3.05) is 46.9 Å². The summed E-state index contributed by atoms with van der Waals surface area (Å²) in [5.41, 5.74) is 1.25. The molecule has 1 N–H and O–H groups in total. The van der Waals surface area contributed by atoms with Gasteiger partial charge >= 0.3 is 0 Å². The first-order valence-electron chi connectivity index (χ1n) is 7.37. The van der Waals surface area contributed by atoms with E-state index < -0.39 is 0 Å². The lowest BCUT2D eigenvalue weighted by molar-refractivity contribution is -0.133. The average Bonchev–Trinajstić information content (AvgIpc) is 2.94. The maximum atomic E-state index is 12.3. The van der Waals surface area contributed by atoms with Crippen molar-refractivity contribution in [3.8, 4) is 0 Å². The molecule has 6 nitrogen and oxygen atoms in total. The molecule has 7 heteroatoms. The molecule has 0 radical (unpaired) electrons. The topological polar surface area (TPSA) is 61.9 Å². The van der Waals surface area contributed by atoms with E-state index in [4.69, 9.17) is 4.74 Å². The Bertz CT molecular complexity index is 518. The van der Waals surface area contributed by atoms with Gasteiger partial charge in [0.05, 0.1) is 19.7 Å². The molecule has 2 rings (SSSR count). The molecule has 0 fully saturated rings. The zero-order valence-corrected chi connectivity index (χ0v) is 13.9. The van der Waals surface area contributed by atoms with Gasteiger partial charge in [-0.2, -0.15) is 0 Å². The predicted molar refractivity (Wildman–Crippen MR) is 85.8 cm³/mol. The number of amides is 2. The number of likely N-dealkylation sites (N-methyl/N-ethyl adjacent to an activating group) is 1. The number of hydrogen-bond acceptors (Lipinski definition) is 5. The Morgan fingerprint density at radius 3 is 3.05 bits per heavy atom. The summed E-state index contributed by atoms with van der Waals surface area (Å²) in [4.78, 5) is 29.0. The van der Waals surface area contributed by atoms with E-state index in [0.29, 0.717) is 19.7 Å². The summed E-state index contributed by atoms with van der Waals surface area (Å²) in [5.74, 6) is -0.0184. The first-order chi connectivity index (χ1) is 10.6. The summed E-state index contributed by atoms with van der Waals surface area (Å²) >= 11 is 1.76. The Morgan fingerprint density at radius 1 is 1.45 bits per heavy atom. The van der Waals surface area contributed by atoms with E-state index in [9.17, 15) is 9.59 Å². The van der Waals surface area contributed by atoms with Crippen molar-refractivity contribution in [3.05, 3.63) is 21.9 Å². The van der Waals surface area contributed by atoms with E-state index in [1.807, 2.05) is 4.90 Å². The van der Waals surface area contributed by atoms with E-state index in [0.717, 1.165) is 13.0 Å². The van der Waals surface area contributed by atoms with Crippen molar-refractivity contribution in [2.24, 2.45) is 0 Å². The van der Waals surface area contributed by atoms with Gasteiger partial charge in [0.2, 0.25) is 11.8 Å². The van der Waals surface area contributed by atoms with Crippen LogP contribution in [0.1, 0.15) is 10.4 Å². The Balaban J connectivity index is 1.74. The minimum absolute atomic E-state index is 0.0732. The SMILES string of the molecule is COCCNC(=O)CN(C)CC(=O)N1CCc2sccc2C1. The molecule has 0 atom stereocenters. The number of hydrogen-bond donors (Lipinski definition) is 1. The van der Waals surface area contributed by atoms with Crippen LogP contribution in [0, 0.1) is 0 Å². The lowest BCUT2D eigenvalue weighted by Gasteiger charge is -2.28. The van der Waals surface area contributed by atoms with Crippen LogP contribution >= 0.6 is 11.3 Å². The molecule has 1 aliphatic rings. The van der Waals surface area contributed by atoms with Crippen LogP contribution in [-0.4, -0.2) is 68.6 Å².